The van der Waals surface area contributed by atoms with Gasteiger partial charge in [-0.05, 0) is 55.5 Å². The van der Waals surface area contributed by atoms with E-state index in [-0.39, 0.29) is 0 Å². The molecule has 0 atom stereocenters. The van der Waals surface area contributed by atoms with Crippen molar-refractivity contribution in [3.8, 4) is 5.75 Å². The lowest BCUT2D eigenvalue weighted by Crippen LogP contribution is -2.26. The number of hydrogen-bond acceptors (Lipinski definition) is 4. The zero-order valence-corrected chi connectivity index (χ0v) is 13.3. The van der Waals surface area contributed by atoms with Crippen LogP contribution in [0.4, 0.5) is 0 Å². The van der Waals surface area contributed by atoms with Crippen molar-refractivity contribution in [3.05, 3.63) is 23.8 Å². The monoisotopic (exact) mass is 312 g/mol. The summed E-state index contributed by atoms with van der Waals surface area (Å²) in [4.78, 5) is 0.306. The van der Waals surface area contributed by atoms with E-state index in [4.69, 9.17) is 10.5 Å². The van der Waals surface area contributed by atoms with Gasteiger partial charge in [0, 0.05) is 6.54 Å². The molecule has 21 heavy (non-hydrogen) atoms. The summed E-state index contributed by atoms with van der Waals surface area (Å²) in [6.45, 7) is 0.893. The number of benzene rings is 1. The van der Waals surface area contributed by atoms with Crippen molar-refractivity contribution in [1.82, 2.24) is 4.72 Å². The van der Waals surface area contributed by atoms with Crippen LogP contribution in [0.1, 0.15) is 31.2 Å². The molecule has 0 radical (unpaired) electrons. The number of sulfonamides is 1. The van der Waals surface area contributed by atoms with Gasteiger partial charge in [-0.3, -0.25) is 0 Å². The highest BCUT2D eigenvalue weighted by atomic mass is 32.2. The second-order valence-electron chi connectivity index (χ2n) is 5.50. The number of nitrogens with two attached hydrogens (primary N) is 1. The van der Waals surface area contributed by atoms with Crippen LogP contribution in [0.5, 0.6) is 5.75 Å². The van der Waals surface area contributed by atoms with Crippen LogP contribution < -0.4 is 15.2 Å². The minimum absolute atomic E-state index is 0.306. The standard InChI is InChI=1S/C15H24N2O3S/c1-20-14-6-7-15(13(11-14)8-9-16)21(18,19)17-10-2-3-12-4-5-12/h6-7,11-12,17H,2-5,8-10,16H2,1H3. The van der Waals surface area contributed by atoms with Crippen molar-refractivity contribution in [3.63, 3.8) is 0 Å². The second kappa shape index (κ2) is 7.24. The van der Waals surface area contributed by atoms with E-state index < -0.39 is 10.0 Å². The third-order valence-corrected chi connectivity index (χ3v) is 5.31. The third-order valence-electron chi connectivity index (χ3n) is 3.75. The van der Waals surface area contributed by atoms with Crippen LogP contribution >= 0.6 is 0 Å². The van der Waals surface area contributed by atoms with Crippen molar-refractivity contribution in [2.24, 2.45) is 11.7 Å². The third kappa shape index (κ3) is 4.69. The lowest BCUT2D eigenvalue weighted by Gasteiger charge is -2.12. The normalized spacial score (nSPS) is 15.1. The van der Waals surface area contributed by atoms with E-state index in [1.54, 1.807) is 25.3 Å². The number of nitrogens with one attached hydrogen (secondary N) is 1. The maximum atomic E-state index is 12.4. The Morgan fingerprint density at radius 3 is 2.76 bits per heavy atom. The molecule has 5 nitrogen and oxygen atoms in total. The Bertz CT molecular complexity index is 568. The fourth-order valence-electron chi connectivity index (χ4n) is 2.38. The quantitative estimate of drug-likeness (QED) is 0.680. The van der Waals surface area contributed by atoms with Gasteiger partial charge < -0.3 is 10.5 Å². The van der Waals surface area contributed by atoms with E-state index in [1.165, 1.54) is 12.8 Å². The number of rotatable bonds is 9. The van der Waals surface area contributed by atoms with Gasteiger partial charge in [0.2, 0.25) is 10.0 Å². The van der Waals surface area contributed by atoms with Crippen LogP contribution in [0.2, 0.25) is 0 Å². The van der Waals surface area contributed by atoms with Crippen molar-refractivity contribution in [2.75, 3.05) is 20.2 Å². The smallest absolute Gasteiger partial charge is 0.240 e. The zero-order valence-electron chi connectivity index (χ0n) is 12.5. The Balaban J connectivity index is 2.05. The molecule has 1 aromatic rings. The average molecular weight is 312 g/mol. The lowest BCUT2D eigenvalue weighted by molar-refractivity contribution is 0.413. The summed E-state index contributed by atoms with van der Waals surface area (Å²) in [5.41, 5.74) is 6.27. The minimum Gasteiger partial charge on any atom is -0.497 e. The van der Waals surface area contributed by atoms with E-state index in [9.17, 15) is 8.42 Å². The van der Waals surface area contributed by atoms with Gasteiger partial charge >= 0.3 is 0 Å². The molecule has 0 saturated heterocycles. The first kappa shape index (κ1) is 16.3. The Morgan fingerprint density at radius 1 is 1.38 bits per heavy atom. The predicted octanol–water partition coefficient (Wildman–Crippen LogP) is 1.66. The molecule has 0 heterocycles. The second-order valence-corrected chi connectivity index (χ2v) is 7.23. The van der Waals surface area contributed by atoms with E-state index in [2.05, 4.69) is 4.72 Å². The molecule has 1 aliphatic rings. The lowest BCUT2D eigenvalue weighted by atomic mass is 10.1. The van der Waals surface area contributed by atoms with Gasteiger partial charge in [0.25, 0.3) is 0 Å². The van der Waals surface area contributed by atoms with Crippen LogP contribution in [-0.4, -0.2) is 28.6 Å². The molecule has 0 aliphatic heterocycles. The average Bonchev–Trinajstić information content (AvgIpc) is 3.28. The highest BCUT2D eigenvalue weighted by Gasteiger charge is 2.22. The van der Waals surface area contributed by atoms with Crippen molar-refractivity contribution in [2.45, 2.75) is 37.0 Å². The van der Waals surface area contributed by atoms with Gasteiger partial charge in [0.05, 0.1) is 12.0 Å². The first-order valence-electron chi connectivity index (χ1n) is 7.43. The molecule has 0 aromatic heterocycles. The molecule has 1 fully saturated rings. The maximum absolute atomic E-state index is 12.4. The van der Waals surface area contributed by atoms with Gasteiger partial charge in [-0.25, -0.2) is 13.1 Å². The first-order chi connectivity index (χ1) is 10.1. The minimum atomic E-state index is -3.48. The molecule has 1 saturated carbocycles. The molecule has 1 aromatic carbocycles. The van der Waals surface area contributed by atoms with Gasteiger partial charge in [-0.2, -0.15) is 0 Å². The zero-order chi connectivity index (χ0) is 15.3. The molecule has 3 N–H and O–H groups in total. The summed E-state index contributed by atoms with van der Waals surface area (Å²) in [5.74, 6) is 1.47. The molecule has 1 aliphatic carbocycles. The summed E-state index contributed by atoms with van der Waals surface area (Å²) >= 11 is 0. The molecule has 0 amide bonds. The highest BCUT2D eigenvalue weighted by Crippen LogP contribution is 2.33. The van der Waals surface area contributed by atoms with Crippen LogP contribution in [0, 0.1) is 5.92 Å². The molecule has 0 unspecified atom stereocenters. The Hall–Kier alpha value is -1.11. The molecule has 118 valence electrons. The fraction of sp³-hybridized carbons (Fsp3) is 0.600. The molecule has 0 spiro atoms. The van der Waals surface area contributed by atoms with E-state index in [0.717, 1.165) is 18.8 Å². The molecule has 0 bridgehead atoms. The highest BCUT2D eigenvalue weighted by molar-refractivity contribution is 7.89. The van der Waals surface area contributed by atoms with Crippen molar-refractivity contribution >= 4 is 10.0 Å². The molecular weight excluding hydrogens is 288 g/mol. The van der Waals surface area contributed by atoms with E-state index in [1.807, 2.05) is 0 Å². The fourth-order valence-corrected chi connectivity index (χ4v) is 3.70. The Labute approximate surface area is 126 Å². The van der Waals surface area contributed by atoms with Gasteiger partial charge in [0.15, 0.2) is 0 Å². The van der Waals surface area contributed by atoms with Crippen LogP contribution in [0.25, 0.3) is 0 Å². The van der Waals surface area contributed by atoms with Crippen molar-refractivity contribution < 1.29 is 13.2 Å². The SMILES string of the molecule is COc1ccc(S(=O)(=O)NCCCC2CC2)c(CCN)c1. The number of methoxy groups -OCH3 is 1. The van der Waals surface area contributed by atoms with Crippen molar-refractivity contribution in [1.29, 1.82) is 0 Å². The van der Waals surface area contributed by atoms with E-state index >= 15 is 0 Å². The summed E-state index contributed by atoms with van der Waals surface area (Å²) in [6, 6.07) is 5.00. The molecule has 6 heteroatoms. The maximum Gasteiger partial charge on any atom is 0.240 e. The number of hydrogen-bond donors (Lipinski definition) is 2. The van der Waals surface area contributed by atoms with Crippen LogP contribution in [0.3, 0.4) is 0 Å². The predicted molar refractivity (Wildman–Crippen MR) is 82.9 cm³/mol. The number of ether oxygens (including phenoxy) is 1. The largest absolute Gasteiger partial charge is 0.497 e. The summed E-state index contributed by atoms with van der Waals surface area (Å²) in [5, 5.41) is 0. The summed E-state index contributed by atoms with van der Waals surface area (Å²) < 4.78 is 32.6. The van der Waals surface area contributed by atoms with E-state index in [0.29, 0.717) is 35.7 Å². The molecule has 2 rings (SSSR count). The summed E-state index contributed by atoms with van der Waals surface area (Å²) in [7, 11) is -1.92. The Morgan fingerprint density at radius 2 is 2.14 bits per heavy atom. The Kier molecular flexibility index (Phi) is 5.61. The summed E-state index contributed by atoms with van der Waals surface area (Å²) in [6.07, 6.45) is 5.11. The molecular formula is C15H24N2O3S. The van der Waals surface area contributed by atoms with Gasteiger partial charge in [-0.1, -0.05) is 12.8 Å². The van der Waals surface area contributed by atoms with Gasteiger partial charge in [0.1, 0.15) is 5.75 Å². The van der Waals surface area contributed by atoms with Gasteiger partial charge in [-0.15, -0.1) is 0 Å². The topological polar surface area (TPSA) is 81.4 Å². The first-order valence-corrected chi connectivity index (χ1v) is 8.92. The van der Waals surface area contributed by atoms with Crippen LogP contribution in [0.15, 0.2) is 23.1 Å². The van der Waals surface area contributed by atoms with Crippen LogP contribution in [-0.2, 0) is 16.4 Å².